The molecule has 0 aliphatic carbocycles. The Kier molecular flexibility index (Phi) is 4.26. The standard InChI is InChI=1S/C4H10O3S2/c1-2-3-4-9(5,6)7-8/h8H,2-4H2,1H3. The SMILES string of the molecule is CCCCS(=O)(=O)OS. The minimum Gasteiger partial charge on any atom is -0.201 e. The summed E-state index contributed by atoms with van der Waals surface area (Å²) >= 11 is 3.19. The van der Waals surface area contributed by atoms with Crippen LogP contribution >= 0.6 is 12.9 Å². The first-order valence-corrected chi connectivity index (χ1v) is 4.62. The minimum absolute atomic E-state index is 0.0625. The molecular formula is C4H10O3S2. The Morgan fingerprint density at radius 1 is 1.56 bits per heavy atom. The van der Waals surface area contributed by atoms with Crippen LogP contribution in [0.25, 0.3) is 0 Å². The lowest BCUT2D eigenvalue weighted by Gasteiger charge is -1.95. The van der Waals surface area contributed by atoms with E-state index in [1.54, 1.807) is 0 Å². The third kappa shape index (κ3) is 4.74. The van der Waals surface area contributed by atoms with Crippen LogP contribution < -0.4 is 0 Å². The number of rotatable bonds is 4. The van der Waals surface area contributed by atoms with Gasteiger partial charge in [-0.25, -0.2) is 3.63 Å². The predicted molar refractivity (Wildman–Crippen MR) is 38.8 cm³/mol. The van der Waals surface area contributed by atoms with Gasteiger partial charge in [-0.2, -0.15) is 8.42 Å². The molecule has 0 radical (unpaired) electrons. The molecule has 0 saturated heterocycles. The molecule has 0 aliphatic rings. The molecule has 0 saturated carbocycles. The molecule has 0 N–H and O–H groups in total. The first-order valence-electron chi connectivity index (χ1n) is 2.68. The van der Waals surface area contributed by atoms with Crippen molar-refractivity contribution in [1.82, 2.24) is 0 Å². The molecule has 5 heteroatoms. The highest BCUT2D eigenvalue weighted by molar-refractivity contribution is 7.95. The van der Waals surface area contributed by atoms with Gasteiger partial charge in [0.1, 0.15) is 0 Å². The summed E-state index contributed by atoms with van der Waals surface area (Å²) in [4.78, 5) is 0. The van der Waals surface area contributed by atoms with E-state index in [1.165, 1.54) is 0 Å². The summed E-state index contributed by atoms with van der Waals surface area (Å²) in [6.45, 7) is 1.91. The zero-order valence-electron chi connectivity index (χ0n) is 5.20. The fourth-order valence-electron chi connectivity index (χ4n) is 0.358. The third-order valence-electron chi connectivity index (χ3n) is 0.861. The highest BCUT2D eigenvalue weighted by Gasteiger charge is 2.06. The van der Waals surface area contributed by atoms with Crippen LogP contribution in [0, 0.1) is 0 Å². The largest absolute Gasteiger partial charge is 0.277 e. The van der Waals surface area contributed by atoms with E-state index in [9.17, 15) is 8.42 Å². The molecule has 0 spiro atoms. The second-order valence-corrected chi connectivity index (χ2v) is 3.81. The first-order chi connectivity index (χ1) is 4.12. The van der Waals surface area contributed by atoms with E-state index in [2.05, 4.69) is 16.5 Å². The Labute approximate surface area is 61.1 Å². The van der Waals surface area contributed by atoms with Gasteiger partial charge < -0.3 is 0 Å². The van der Waals surface area contributed by atoms with E-state index < -0.39 is 10.1 Å². The van der Waals surface area contributed by atoms with Crippen LogP contribution in [0.5, 0.6) is 0 Å². The molecule has 0 aromatic rings. The van der Waals surface area contributed by atoms with Gasteiger partial charge >= 0.3 is 0 Å². The molecule has 0 aromatic heterocycles. The Morgan fingerprint density at radius 2 is 2.11 bits per heavy atom. The van der Waals surface area contributed by atoms with Crippen molar-refractivity contribution < 1.29 is 12.0 Å². The molecule has 3 nitrogen and oxygen atoms in total. The minimum atomic E-state index is -3.32. The molecular weight excluding hydrogens is 160 g/mol. The smallest absolute Gasteiger partial charge is 0.201 e. The Hall–Kier alpha value is 0.260. The van der Waals surface area contributed by atoms with Crippen molar-refractivity contribution in [3.8, 4) is 0 Å². The van der Waals surface area contributed by atoms with E-state index in [-0.39, 0.29) is 5.75 Å². The van der Waals surface area contributed by atoms with Gasteiger partial charge in [0, 0.05) is 0 Å². The van der Waals surface area contributed by atoms with Crippen molar-refractivity contribution in [2.75, 3.05) is 5.75 Å². The number of unbranched alkanes of at least 4 members (excludes halogenated alkanes) is 1. The lowest BCUT2D eigenvalue weighted by atomic mass is 10.4. The van der Waals surface area contributed by atoms with Crippen molar-refractivity contribution in [3.05, 3.63) is 0 Å². The van der Waals surface area contributed by atoms with Gasteiger partial charge in [-0.1, -0.05) is 13.3 Å². The van der Waals surface area contributed by atoms with Gasteiger partial charge in [-0.15, -0.1) is 0 Å². The van der Waals surface area contributed by atoms with Crippen molar-refractivity contribution >= 4 is 23.0 Å². The summed E-state index contributed by atoms with van der Waals surface area (Å²) in [7, 11) is -3.32. The first kappa shape index (κ1) is 9.26. The zero-order chi connectivity index (χ0) is 7.33. The molecule has 0 atom stereocenters. The summed E-state index contributed by atoms with van der Waals surface area (Å²) in [5, 5.41) is 0. The second-order valence-electron chi connectivity index (χ2n) is 1.69. The molecule has 0 aromatic carbocycles. The van der Waals surface area contributed by atoms with Gasteiger partial charge in [-0.05, 0) is 19.3 Å². The topological polar surface area (TPSA) is 43.4 Å². The Bertz CT molecular complexity index is 149. The number of thiol groups is 1. The van der Waals surface area contributed by atoms with Crippen molar-refractivity contribution in [3.63, 3.8) is 0 Å². The second kappa shape index (κ2) is 4.14. The number of hydrogen-bond acceptors (Lipinski definition) is 4. The summed E-state index contributed by atoms with van der Waals surface area (Å²) in [6, 6.07) is 0. The quantitative estimate of drug-likeness (QED) is 0.505. The maximum absolute atomic E-state index is 10.5. The maximum Gasteiger partial charge on any atom is 0.277 e. The monoisotopic (exact) mass is 170 g/mol. The van der Waals surface area contributed by atoms with Crippen LogP contribution in [0.15, 0.2) is 0 Å². The molecule has 0 bridgehead atoms. The molecule has 0 unspecified atom stereocenters. The normalized spacial score (nSPS) is 11.8. The predicted octanol–water partition coefficient (Wildman–Crippen LogP) is 0.978. The molecule has 0 fully saturated rings. The Balaban J connectivity index is 3.61. The molecule has 0 heterocycles. The molecule has 0 amide bonds. The van der Waals surface area contributed by atoms with Gasteiger partial charge in [0.05, 0.1) is 5.75 Å². The molecule has 0 aliphatic heterocycles. The fraction of sp³-hybridized carbons (Fsp3) is 1.00. The van der Waals surface area contributed by atoms with E-state index in [0.29, 0.717) is 6.42 Å². The average Bonchev–Trinajstić information content (AvgIpc) is 1.84. The lowest BCUT2D eigenvalue weighted by molar-refractivity contribution is 0.518. The highest BCUT2D eigenvalue weighted by atomic mass is 32.3. The van der Waals surface area contributed by atoms with E-state index >= 15 is 0 Å². The van der Waals surface area contributed by atoms with Crippen LogP contribution in [0.2, 0.25) is 0 Å². The van der Waals surface area contributed by atoms with Crippen LogP contribution in [0.3, 0.4) is 0 Å². The van der Waals surface area contributed by atoms with E-state index in [0.717, 1.165) is 6.42 Å². The number of hydrogen-bond donors (Lipinski definition) is 1. The third-order valence-corrected chi connectivity index (χ3v) is 2.56. The van der Waals surface area contributed by atoms with Crippen molar-refractivity contribution in [2.24, 2.45) is 0 Å². The van der Waals surface area contributed by atoms with Crippen LogP contribution in [0.4, 0.5) is 0 Å². The van der Waals surface area contributed by atoms with Crippen LogP contribution in [-0.2, 0) is 13.7 Å². The fourth-order valence-corrected chi connectivity index (χ4v) is 1.30. The van der Waals surface area contributed by atoms with Gasteiger partial charge in [0.25, 0.3) is 10.1 Å². The van der Waals surface area contributed by atoms with Gasteiger partial charge in [0.2, 0.25) is 0 Å². The van der Waals surface area contributed by atoms with E-state index in [1.807, 2.05) is 6.92 Å². The summed E-state index contributed by atoms with van der Waals surface area (Å²) in [5.74, 6) is 0.0625. The summed E-state index contributed by atoms with van der Waals surface area (Å²) < 4.78 is 24.8. The van der Waals surface area contributed by atoms with Crippen LogP contribution in [0.1, 0.15) is 19.8 Å². The molecule has 0 rings (SSSR count). The highest BCUT2D eigenvalue weighted by Crippen LogP contribution is 1.99. The Morgan fingerprint density at radius 3 is 2.44 bits per heavy atom. The van der Waals surface area contributed by atoms with Gasteiger partial charge in [-0.3, -0.25) is 0 Å². The maximum atomic E-state index is 10.5. The zero-order valence-corrected chi connectivity index (χ0v) is 6.91. The van der Waals surface area contributed by atoms with Crippen LogP contribution in [-0.4, -0.2) is 14.2 Å². The molecule has 9 heavy (non-hydrogen) atoms. The van der Waals surface area contributed by atoms with Gasteiger partial charge in [0.15, 0.2) is 0 Å². The van der Waals surface area contributed by atoms with Crippen molar-refractivity contribution in [1.29, 1.82) is 0 Å². The average molecular weight is 170 g/mol. The summed E-state index contributed by atoms with van der Waals surface area (Å²) in [6.07, 6.45) is 1.47. The van der Waals surface area contributed by atoms with E-state index in [4.69, 9.17) is 0 Å². The summed E-state index contributed by atoms with van der Waals surface area (Å²) in [5.41, 5.74) is 0. The van der Waals surface area contributed by atoms with Crippen molar-refractivity contribution in [2.45, 2.75) is 19.8 Å². The molecule has 56 valence electrons. The lowest BCUT2D eigenvalue weighted by Crippen LogP contribution is -2.04.